The van der Waals surface area contributed by atoms with Crippen molar-refractivity contribution in [1.29, 1.82) is 0 Å². The lowest BCUT2D eigenvalue weighted by Crippen LogP contribution is -2.48. The molecule has 0 aliphatic heterocycles. The van der Waals surface area contributed by atoms with E-state index in [1.54, 1.807) is 12.1 Å². The van der Waals surface area contributed by atoms with Crippen molar-refractivity contribution in [3.8, 4) is 0 Å². The van der Waals surface area contributed by atoms with Gasteiger partial charge in [-0.25, -0.2) is 4.98 Å². The molecule has 1 unspecified atom stereocenters. The highest BCUT2D eigenvalue weighted by Crippen LogP contribution is 2.18. The van der Waals surface area contributed by atoms with Crippen molar-refractivity contribution in [2.75, 3.05) is 6.54 Å². The Labute approximate surface area is 107 Å². The first kappa shape index (κ1) is 13.9. The lowest BCUT2D eigenvalue weighted by atomic mass is 9.86. The van der Waals surface area contributed by atoms with Gasteiger partial charge in [-0.05, 0) is 17.5 Å². The second kappa shape index (κ2) is 5.47. The highest BCUT2D eigenvalue weighted by atomic mass is 35.5. The monoisotopic (exact) mass is 255 g/mol. The molecule has 0 fully saturated rings. The zero-order chi connectivity index (χ0) is 13.1. The van der Waals surface area contributed by atoms with Crippen LogP contribution in [0, 0.1) is 5.41 Å². The number of amides is 1. The number of halogens is 1. The molecule has 1 aromatic rings. The maximum Gasteiger partial charge on any atom is 0.270 e. The zero-order valence-electron chi connectivity index (χ0n) is 10.3. The predicted octanol–water partition coefficient (Wildman–Crippen LogP) is 1.84. The first-order valence-electron chi connectivity index (χ1n) is 5.47. The van der Waals surface area contributed by atoms with E-state index in [1.165, 1.54) is 6.20 Å². The van der Waals surface area contributed by atoms with Crippen LogP contribution in [0.1, 0.15) is 31.3 Å². The fourth-order valence-electron chi connectivity index (χ4n) is 1.37. The molecule has 1 atom stereocenters. The number of pyridine rings is 1. The summed E-state index contributed by atoms with van der Waals surface area (Å²) >= 11 is 5.71. The van der Waals surface area contributed by atoms with Crippen LogP contribution in [0.5, 0.6) is 0 Å². The number of carbonyl (C=O) groups excluding carboxylic acids is 1. The van der Waals surface area contributed by atoms with Gasteiger partial charge in [0, 0.05) is 18.8 Å². The minimum absolute atomic E-state index is 0.0865. The molecule has 0 saturated carbocycles. The summed E-state index contributed by atoms with van der Waals surface area (Å²) in [5.74, 6) is -0.230. The van der Waals surface area contributed by atoms with Crippen molar-refractivity contribution in [2.24, 2.45) is 11.1 Å². The highest BCUT2D eigenvalue weighted by molar-refractivity contribution is 6.30. The first-order chi connectivity index (χ1) is 7.84. The molecule has 1 rings (SSSR count). The summed E-state index contributed by atoms with van der Waals surface area (Å²) in [7, 11) is 0. The second-order valence-corrected chi connectivity index (χ2v) is 5.43. The van der Waals surface area contributed by atoms with E-state index in [2.05, 4.69) is 10.3 Å². The van der Waals surface area contributed by atoms with E-state index in [4.69, 9.17) is 17.3 Å². The van der Waals surface area contributed by atoms with Gasteiger partial charge in [-0.1, -0.05) is 32.4 Å². The maximum atomic E-state index is 11.9. The fraction of sp³-hybridized carbons (Fsp3) is 0.500. The molecule has 0 aliphatic rings. The molecule has 0 bridgehead atoms. The summed E-state index contributed by atoms with van der Waals surface area (Å²) in [5, 5.41) is 3.38. The summed E-state index contributed by atoms with van der Waals surface area (Å²) in [6, 6.07) is 3.14. The van der Waals surface area contributed by atoms with Gasteiger partial charge in [0.2, 0.25) is 0 Å². The molecule has 3 N–H and O–H groups in total. The van der Waals surface area contributed by atoms with Gasteiger partial charge in [-0.3, -0.25) is 4.79 Å². The SMILES string of the molecule is CC(C)(C)C(CN)NC(=O)c1ccc(Cl)cn1. The van der Waals surface area contributed by atoms with E-state index in [9.17, 15) is 4.79 Å². The van der Waals surface area contributed by atoms with Crippen molar-refractivity contribution in [2.45, 2.75) is 26.8 Å². The van der Waals surface area contributed by atoms with Crippen LogP contribution in [0.3, 0.4) is 0 Å². The van der Waals surface area contributed by atoms with Crippen molar-refractivity contribution in [1.82, 2.24) is 10.3 Å². The topological polar surface area (TPSA) is 68.0 Å². The van der Waals surface area contributed by atoms with Crippen molar-refractivity contribution < 1.29 is 4.79 Å². The molecule has 94 valence electrons. The third kappa shape index (κ3) is 3.98. The third-order valence-electron chi connectivity index (χ3n) is 2.55. The van der Waals surface area contributed by atoms with Crippen molar-refractivity contribution >= 4 is 17.5 Å². The van der Waals surface area contributed by atoms with Crippen LogP contribution in [-0.2, 0) is 0 Å². The van der Waals surface area contributed by atoms with E-state index < -0.39 is 0 Å². The van der Waals surface area contributed by atoms with E-state index in [0.717, 1.165) is 0 Å². The number of nitrogens with two attached hydrogens (primary N) is 1. The Bertz CT molecular complexity index is 384. The second-order valence-electron chi connectivity index (χ2n) is 4.99. The minimum atomic E-state index is -0.230. The molecule has 4 nitrogen and oxygen atoms in total. The summed E-state index contributed by atoms with van der Waals surface area (Å²) < 4.78 is 0. The molecule has 17 heavy (non-hydrogen) atoms. The molecule has 0 saturated heterocycles. The molecule has 1 aromatic heterocycles. The number of rotatable bonds is 3. The standard InChI is InChI=1S/C12H18ClN3O/c1-12(2,3)10(6-14)16-11(17)9-5-4-8(13)7-15-9/h4-5,7,10H,6,14H2,1-3H3,(H,16,17). The number of aromatic nitrogens is 1. The van der Waals surface area contributed by atoms with Gasteiger partial charge in [0.1, 0.15) is 5.69 Å². The minimum Gasteiger partial charge on any atom is -0.346 e. The Hall–Kier alpha value is -1.13. The lowest BCUT2D eigenvalue weighted by Gasteiger charge is -2.30. The van der Waals surface area contributed by atoms with E-state index in [0.29, 0.717) is 17.3 Å². The highest BCUT2D eigenvalue weighted by Gasteiger charge is 2.25. The quantitative estimate of drug-likeness (QED) is 0.866. The number of carbonyl (C=O) groups is 1. The Kier molecular flexibility index (Phi) is 4.48. The molecule has 0 spiro atoms. The fourth-order valence-corrected chi connectivity index (χ4v) is 1.48. The normalized spacial score (nSPS) is 13.2. The molecular formula is C12H18ClN3O. The molecule has 1 amide bonds. The summed E-state index contributed by atoms with van der Waals surface area (Å²) in [4.78, 5) is 15.9. The van der Waals surface area contributed by atoms with Gasteiger partial charge < -0.3 is 11.1 Å². The number of nitrogens with zero attached hydrogens (tertiary/aromatic N) is 1. The Morgan fingerprint density at radius 2 is 2.18 bits per heavy atom. The van der Waals surface area contributed by atoms with Gasteiger partial charge in [0.25, 0.3) is 5.91 Å². The molecule has 0 radical (unpaired) electrons. The molecular weight excluding hydrogens is 238 g/mol. The number of nitrogens with one attached hydrogen (secondary N) is 1. The summed E-state index contributed by atoms with van der Waals surface area (Å²) in [6.45, 7) is 6.48. The largest absolute Gasteiger partial charge is 0.346 e. The van der Waals surface area contributed by atoms with Crippen LogP contribution >= 0.6 is 11.6 Å². The van der Waals surface area contributed by atoms with E-state index >= 15 is 0 Å². The lowest BCUT2D eigenvalue weighted by molar-refractivity contribution is 0.0900. The maximum absolute atomic E-state index is 11.9. The van der Waals surface area contributed by atoms with Crippen LogP contribution in [0.15, 0.2) is 18.3 Å². The Balaban J connectivity index is 2.75. The van der Waals surface area contributed by atoms with E-state index in [1.807, 2.05) is 20.8 Å². The van der Waals surface area contributed by atoms with Crippen LogP contribution in [-0.4, -0.2) is 23.5 Å². The van der Waals surface area contributed by atoms with Crippen molar-refractivity contribution in [3.05, 3.63) is 29.0 Å². The van der Waals surface area contributed by atoms with E-state index in [-0.39, 0.29) is 17.4 Å². The van der Waals surface area contributed by atoms with Crippen LogP contribution < -0.4 is 11.1 Å². The molecule has 5 heteroatoms. The smallest absolute Gasteiger partial charge is 0.270 e. The van der Waals surface area contributed by atoms with Crippen LogP contribution in [0.2, 0.25) is 5.02 Å². The molecule has 0 aliphatic carbocycles. The van der Waals surface area contributed by atoms with Gasteiger partial charge in [-0.2, -0.15) is 0 Å². The zero-order valence-corrected chi connectivity index (χ0v) is 11.1. The van der Waals surface area contributed by atoms with Gasteiger partial charge >= 0.3 is 0 Å². The summed E-state index contributed by atoms with van der Waals surface area (Å²) in [5.41, 5.74) is 5.91. The predicted molar refractivity (Wildman–Crippen MR) is 69.0 cm³/mol. The Morgan fingerprint density at radius 3 is 2.59 bits per heavy atom. The van der Waals surface area contributed by atoms with Gasteiger partial charge in [0.05, 0.1) is 5.02 Å². The van der Waals surface area contributed by atoms with Crippen LogP contribution in [0.25, 0.3) is 0 Å². The number of hydrogen-bond donors (Lipinski definition) is 2. The first-order valence-corrected chi connectivity index (χ1v) is 5.85. The third-order valence-corrected chi connectivity index (χ3v) is 2.77. The molecule has 0 aromatic carbocycles. The van der Waals surface area contributed by atoms with Gasteiger partial charge in [0.15, 0.2) is 0 Å². The van der Waals surface area contributed by atoms with Crippen molar-refractivity contribution in [3.63, 3.8) is 0 Å². The van der Waals surface area contributed by atoms with Crippen LogP contribution in [0.4, 0.5) is 0 Å². The summed E-state index contributed by atoms with van der Waals surface area (Å²) in [6.07, 6.45) is 1.45. The molecule has 1 heterocycles. The average molecular weight is 256 g/mol. The Morgan fingerprint density at radius 1 is 1.53 bits per heavy atom. The average Bonchev–Trinajstić information content (AvgIpc) is 2.24. The number of hydrogen-bond acceptors (Lipinski definition) is 3. The van der Waals surface area contributed by atoms with Gasteiger partial charge in [-0.15, -0.1) is 0 Å².